The zero-order valence-electron chi connectivity index (χ0n) is 27.3. The summed E-state index contributed by atoms with van der Waals surface area (Å²) < 4.78 is 2.65. The highest BCUT2D eigenvalue weighted by Crippen LogP contribution is 2.47. The summed E-state index contributed by atoms with van der Waals surface area (Å²) in [5.74, 6) is 0. The van der Waals surface area contributed by atoms with Crippen molar-refractivity contribution in [2.75, 3.05) is 4.90 Å². The molecule has 0 aliphatic carbocycles. The molecule has 0 bridgehead atoms. The van der Waals surface area contributed by atoms with Gasteiger partial charge in [-0.3, -0.25) is 0 Å². The Morgan fingerprint density at radius 2 is 0.880 bits per heavy atom. The van der Waals surface area contributed by atoms with Gasteiger partial charge in [0, 0.05) is 42.3 Å². The van der Waals surface area contributed by atoms with Crippen LogP contribution in [0.15, 0.2) is 188 Å². The van der Waals surface area contributed by atoms with Gasteiger partial charge in [-0.05, 0) is 86.3 Å². The van der Waals surface area contributed by atoms with Gasteiger partial charge in [-0.2, -0.15) is 0 Å². The van der Waals surface area contributed by atoms with Gasteiger partial charge in [0.15, 0.2) is 0 Å². The molecular weight excluding hydrogens is 623 g/mol. The Morgan fingerprint density at radius 1 is 0.340 bits per heavy atom. The summed E-state index contributed by atoms with van der Waals surface area (Å²) in [6.45, 7) is 0. The molecule has 0 aliphatic heterocycles. The van der Waals surface area contributed by atoms with Gasteiger partial charge in [-0.15, -0.1) is 11.3 Å². The number of anilines is 3. The summed E-state index contributed by atoms with van der Waals surface area (Å²) in [4.78, 5) is 2.44. The van der Waals surface area contributed by atoms with Crippen LogP contribution in [0.5, 0.6) is 0 Å². The van der Waals surface area contributed by atoms with Crippen molar-refractivity contribution in [2.45, 2.75) is 0 Å². The number of benzene rings is 9. The summed E-state index contributed by atoms with van der Waals surface area (Å²) in [6.07, 6.45) is 0. The smallest absolute Gasteiger partial charge is 0.0547 e. The van der Waals surface area contributed by atoms with Gasteiger partial charge >= 0.3 is 0 Å². The van der Waals surface area contributed by atoms with Crippen LogP contribution in [0, 0.1) is 0 Å². The van der Waals surface area contributed by atoms with Gasteiger partial charge in [-0.1, -0.05) is 146 Å². The average Bonchev–Trinajstić information content (AvgIpc) is 3.57. The molecule has 0 spiro atoms. The quantitative estimate of drug-likeness (QED) is 0.167. The maximum Gasteiger partial charge on any atom is 0.0547 e. The first kappa shape index (κ1) is 28.8. The molecule has 1 aromatic heterocycles. The Hall–Kier alpha value is -6.22. The molecule has 234 valence electrons. The van der Waals surface area contributed by atoms with E-state index in [4.69, 9.17) is 0 Å². The fraction of sp³-hybridized carbons (Fsp3) is 0. The minimum absolute atomic E-state index is 1.12. The third-order valence-corrected chi connectivity index (χ3v) is 11.3. The molecule has 0 saturated heterocycles. The van der Waals surface area contributed by atoms with Crippen LogP contribution in [-0.4, -0.2) is 0 Å². The molecule has 1 nitrogen and oxygen atoms in total. The lowest BCUT2D eigenvalue weighted by molar-refractivity contribution is 1.30. The minimum Gasteiger partial charge on any atom is -0.310 e. The van der Waals surface area contributed by atoms with Crippen molar-refractivity contribution in [1.82, 2.24) is 0 Å². The molecule has 10 aromatic rings. The highest BCUT2D eigenvalue weighted by molar-refractivity contribution is 7.26. The number of fused-ring (bicyclic) bond motifs is 8. The lowest BCUT2D eigenvalue weighted by Crippen LogP contribution is -2.10. The van der Waals surface area contributed by atoms with Crippen LogP contribution < -0.4 is 4.90 Å². The fourth-order valence-electron chi connectivity index (χ4n) is 7.66. The molecule has 0 N–H and O–H groups in total. The largest absolute Gasteiger partial charge is 0.310 e. The minimum atomic E-state index is 1.12. The van der Waals surface area contributed by atoms with Gasteiger partial charge in [0.25, 0.3) is 0 Å². The Kier molecular flexibility index (Phi) is 6.75. The Morgan fingerprint density at radius 3 is 1.62 bits per heavy atom. The third kappa shape index (κ3) is 4.69. The van der Waals surface area contributed by atoms with Crippen molar-refractivity contribution in [2.24, 2.45) is 0 Å². The van der Waals surface area contributed by atoms with Gasteiger partial charge in [0.1, 0.15) is 0 Å². The van der Waals surface area contributed by atoms with E-state index in [-0.39, 0.29) is 0 Å². The Bertz CT molecular complexity index is 2850. The van der Waals surface area contributed by atoms with Crippen LogP contribution in [0.4, 0.5) is 17.1 Å². The second-order valence-electron chi connectivity index (χ2n) is 12.9. The van der Waals surface area contributed by atoms with Crippen LogP contribution in [0.1, 0.15) is 0 Å². The molecule has 9 aromatic carbocycles. The predicted molar refractivity (Wildman–Crippen MR) is 217 cm³/mol. The Balaban J connectivity index is 1.18. The monoisotopic (exact) mass is 653 g/mol. The van der Waals surface area contributed by atoms with E-state index in [0.29, 0.717) is 0 Å². The lowest BCUT2D eigenvalue weighted by Gasteiger charge is -2.28. The molecule has 10 rings (SSSR count). The van der Waals surface area contributed by atoms with Crippen LogP contribution in [0.2, 0.25) is 0 Å². The molecule has 0 aliphatic rings. The third-order valence-electron chi connectivity index (χ3n) is 10.0. The van der Waals surface area contributed by atoms with E-state index in [0.717, 1.165) is 11.4 Å². The number of hydrogen-bond donors (Lipinski definition) is 0. The molecule has 1 heterocycles. The summed E-state index contributed by atoms with van der Waals surface area (Å²) in [5, 5.41) is 10.2. The van der Waals surface area contributed by atoms with Crippen LogP contribution >= 0.6 is 11.3 Å². The van der Waals surface area contributed by atoms with Gasteiger partial charge < -0.3 is 4.90 Å². The van der Waals surface area contributed by atoms with E-state index in [9.17, 15) is 0 Å². The van der Waals surface area contributed by atoms with Crippen molar-refractivity contribution in [3.63, 3.8) is 0 Å². The van der Waals surface area contributed by atoms with Crippen molar-refractivity contribution in [3.05, 3.63) is 188 Å². The molecule has 0 atom stereocenters. The fourth-order valence-corrected chi connectivity index (χ4v) is 8.88. The van der Waals surface area contributed by atoms with E-state index in [1.807, 2.05) is 11.3 Å². The number of rotatable bonds is 5. The van der Waals surface area contributed by atoms with E-state index in [1.165, 1.54) is 80.4 Å². The van der Waals surface area contributed by atoms with Crippen molar-refractivity contribution in [3.8, 4) is 22.3 Å². The van der Waals surface area contributed by atoms with Crippen molar-refractivity contribution in [1.29, 1.82) is 0 Å². The summed E-state index contributed by atoms with van der Waals surface area (Å²) in [7, 11) is 0. The predicted octanol–water partition coefficient (Wildman–Crippen LogP) is 14.3. The number of hydrogen-bond acceptors (Lipinski definition) is 2. The molecule has 0 radical (unpaired) electrons. The lowest BCUT2D eigenvalue weighted by atomic mass is 9.93. The van der Waals surface area contributed by atoms with E-state index in [1.54, 1.807) is 0 Å². The molecule has 0 saturated carbocycles. The normalized spacial score (nSPS) is 11.6. The first-order valence-electron chi connectivity index (χ1n) is 17.1. The Labute approximate surface area is 294 Å². The highest BCUT2D eigenvalue weighted by atomic mass is 32.1. The van der Waals surface area contributed by atoms with E-state index >= 15 is 0 Å². The second kappa shape index (κ2) is 11.7. The van der Waals surface area contributed by atoms with Crippen LogP contribution in [-0.2, 0) is 0 Å². The molecule has 0 amide bonds. The molecular formula is C48H31NS. The molecule has 0 fully saturated rings. The maximum absolute atomic E-state index is 2.44. The zero-order valence-corrected chi connectivity index (χ0v) is 28.1. The summed E-state index contributed by atoms with van der Waals surface area (Å²) >= 11 is 1.89. The van der Waals surface area contributed by atoms with Crippen LogP contribution in [0.25, 0.3) is 74.7 Å². The number of thiophene rings is 1. The first-order chi connectivity index (χ1) is 24.8. The van der Waals surface area contributed by atoms with Crippen LogP contribution in [0.3, 0.4) is 0 Å². The van der Waals surface area contributed by atoms with E-state index < -0.39 is 0 Å². The summed E-state index contributed by atoms with van der Waals surface area (Å²) in [5.41, 5.74) is 8.30. The van der Waals surface area contributed by atoms with Gasteiger partial charge in [0.05, 0.1) is 5.69 Å². The molecule has 0 unspecified atom stereocenters. The topological polar surface area (TPSA) is 3.24 Å². The van der Waals surface area contributed by atoms with Gasteiger partial charge in [-0.25, -0.2) is 0 Å². The standard InChI is InChI=1S/C48H31NS/c1-2-12-32(13-3-1)33-22-26-36(27-23-33)49(46-31-45-42-19-10-11-21-47(42)50-48(45)43-20-9-8-18-41(43)46)37-28-24-34(25-29-37)44-30-35-14-4-5-15-38(35)39-16-6-7-17-40(39)44/h1-31H. The van der Waals surface area contributed by atoms with Crippen molar-refractivity contribution >= 4 is 80.9 Å². The SMILES string of the molecule is c1ccc(-c2ccc(N(c3ccc(-c4cc5ccccc5c5ccccc45)cc3)c3cc4c5ccccc5sc4c4ccccc34)cc2)cc1. The first-order valence-corrected chi connectivity index (χ1v) is 17.9. The average molecular weight is 654 g/mol. The van der Waals surface area contributed by atoms with E-state index in [2.05, 4.69) is 193 Å². The number of nitrogens with zero attached hydrogens (tertiary/aromatic N) is 1. The van der Waals surface area contributed by atoms with Crippen molar-refractivity contribution < 1.29 is 0 Å². The second-order valence-corrected chi connectivity index (χ2v) is 14.0. The zero-order chi connectivity index (χ0) is 33.0. The maximum atomic E-state index is 2.44. The van der Waals surface area contributed by atoms with Gasteiger partial charge in [0.2, 0.25) is 0 Å². The highest BCUT2D eigenvalue weighted by Gasteiger charge is 2.20. The summed E-state index contributed by atoms with van der Waals surface area (Å²) in [6, 6.07) is 68.7. The molecule has 2 heteroatoms. The molecule has 50 heavy (non-hydrogen) atoms.